The third kappa shape index (κ3) is 3.71. The second-order valence-corrected chi connectivity index (χ2v) is 9.54. The molecule has 4 aromatic rings. The van der Waals surface area contributed by atoms with Crippen molar-refractivity contribution in [3.05, 3.63) is 35.8 Å². The summed E-state index contributed by atoms with van der Waals surface area (Å²) >= 11 is 0. The molecule has 0 aliphatic heterocycles. The summed E-state index contributed by atoms with van der Waals surface area (Å²) in [4.78, 5) is 11.2. The minimum absolute atomic E-state index is 0.0370. The van der Waals surface area contributed by atoms with Crippen LogP contribution in [0.5, 0.6) is 0 Å². The van der Waals surface area contributed by atoms with Gasteiger partial charge in [0.05, 0.1) is 27.2 Å². The fourth-order valence-corrected chi connectivity index (χ4v) is 4.62. The Labute approximate surface area is 182 Å². The molecule has 33 heavy (non-hydrogen) atoms. The second-order valence-electron chi connectivity index (χ2n) is 7.29. The van der Waals surface area contributed by atoms with Crippen LogP contribution in [0.4, 0.5) is 26.3 Å². The molecule has 7 nitrogen and oxygen atoms in total. The molecule has 0 aliphatic rings. The van der Waals surface area contributed by atoms with E-state index < -0.39 is 33.6 Å². The molecule has 176 valence electrons. The maximum atomic E-state index is 13.3. The summed E-state index contributed by atoms with van der Waals surface area (Å²) in [5, 5.41) is 0. The Morgan fingerprint density at radius 2 is 1.58 bits per heavy atom. The SMILES string of the molecule is CCS(=O)(=O)c1cc2c(cc1-c1nc3cc(C(F)(F)F)cnc3n1C)nc(C(F)(F)F)n2C. The van der Waals surface area contributed by atoms with Gasteiger partial charge in [-0.15, -0.1) is 0 Å². The van der Waals surface area contributed by atoms with Crippen LogP contribution in [0.1, 0.15) is 18.3 Å². The van der Waals surface area contributed by atoms with E-state index >= 15 is 0 Å². The van der Waals surface area contributed by atoms with Crippen molar-refractivity contribution < 1.29 is 34.8 Å². The Morgan fingerprint density at radius 3 is 2.15 bits per heavy atom. The fourth-order valence-electron chi connectivity index (χ4n) is 3.53. The molecule has 1 aromatic carbocycles. The van der Waals surface area contributed by atoms with Crippen LogP contribution in [0.15, 0.2) is 29.3 Å². The van der Waals surface area contributed by atoms with E-state index in [1.807, 2.05) is 0 Å². The van der Waals surface area contributed by atoms with E-state index in [1.54, 1.807) is 0 Å². The molecule has 4 rings (SSSR count). The minimum atomic E-state index is -4.78. The highest BCUT2D eigenvalue weighted by Gasteiger charge is 2.37. The number of aryl methyl sites for hydroxylation is 2. The number of hydrogen-bond acceptors (Lipinski definition) is 5. The largest absolute Gasteiger partial charge is 0.449 e. The zero-order valence-corrected chi connectivity index (χ0v) is 18.1. The van der Waals surface area contributed by atoms with Gasteiger partial charge in [-0.25, -0.2) is 23.4 Å². The van der Waals surface area contributed by atoms with E-state index in [0.29, 0.717) is 6.20 Å². The number of benzene rings is 1. The maximum Gasteiger partial charge on any atom is 0.449 e. The van der Waals surface area contributed by atoms with Crippen LogP contribution in [0.2, 0.25) is 0 Å². The highest BCUT2D eigenvalue weighted by atomic mass is 32.2. The number of aromatic nitrogens is 5. The van der Waals surface area contributed by atoms with E-state index in [4.69, 9.17) is 0 Å². The molecule has 0 amide bonds. The van der Waals surface area contributed by atoms with E-state index in [1.165, 1.54) is 18.5 Å². The molecular formula is C19H15F6N5O2S. The quantitative estimate of drug-likeness (QED) is 0.398. The molecule has 14 heteroatoms. The summed E-state index contributed by atoms with van der Waals surface area (Å²) < 4.78 is 107. The first kappa shape index (κ1) is 23.0. The molecule has 0 aliphatic carbocycles. The van der Waals surface area contributed by atoms with Gasteiger partial charge in [-0.2, -0.15) is 26.3 Å². The van der Waals surface area contributed by atoms with Crippen molar-refractivity contribution >= 4 is 32.0 Å². The minimum Gasteiger partial charge on any atom is -0.323 e. The molecular weight excluding hydrogens is 476 g/mol. The summed E-state index contributed by atoms with van der Waals surface area (Å²) in [6, 6.07) is 2.97. The van der Waals surface area contributed by atoms with Gasteiger partial charge in [0.25, 0.3) is 0 Å². The number of alkyl halides is 6. The van der Waals surface area contributed by atoms with Crippen LogP contribution in [0.3, 0.4) is 0 Å². The molecule has 0 N–H and O–H groups in total. The van der Waals surface area contributed by atoms with Gasteiger partial charge in [0.15, 0.2) is 15.5 Å². The van der Waals surface area contributed by atoms with Crippen LogP contribution in [0.25, 0.3) is 33.6 Å². The van der Waals surface area contributed by atoms with Gasteiger partial charge in [0.2, 0.25) is 5.82 Å². The Morgan fingerprint density at radius 1 is 0.909 bits per heavy atom. The molecule has 0 atom stereocenters. The van der Waals surface area contributed by atoms with Crippen molar-refractivity contribution in [3.63, 3.8) is 0 Å². The number of sulfone groups is 1. The monoisotopic (exact) mass is 491 g/mol. The number of halogens is 6. The van der Waals surface area contributed by atoms with Crippen molar-refractivity contribution in [2.24, 2.45) is 14.1 Å². The number of imidazole rings is 2. The summed E-state index contributed by atoms with van der Waals surface area (Å²) in [5.74, 6) is -1.67. The predicted octanol–water partition coefficient (Wildman–Crippen LogP) is 4.35. The number of fused-ring (bicyclic) bond motifs is 2. The van der Waals surface area contributed by atoms with Crippen LogP contribution in [-0.2, 0) is 36.3 Å². The van der Waals surface area contributed by atoms with Crippen LogP contribution in [0, 0.1) is 0 Å². The highest BCUT2D eigenvalue weighted by molar-refractivity contribution is 7.91. The van der Waals surface area contributed by atoms with Crippen LogP contribution >= 0.6 is 0 Å². The number of nitrogens with zero attached hydrogens (tertiary/aromatic N) is 5. The first-order chi connectivity index (χ1) is 15.1. The van der Waals surface area contributed by atoms with Crippen molar-refractivity contribution in [3.8, 4) is 11.4 Å². The average Bonchev–Trinajstić information content (AvgIpc) is 3.23. The highest BCUT2D eigenvalue weighted by Crippen LogP contribution is 2.37. The molecule has 0 fully saturated rings. The molecule has 0 saturated heterocycles. The van der Waals surface area contributed by atoms with Gasteiger partial charge >= 0.3 is 12.4 Å². The van der Waals surface area contributed by atoms with E-state index in [0.717, 1.165) is 29.8 Å². The number of pyridine rings is 1. The van der Waals surface area contributed by atoms with Gasteiger partial charge in [-0.1, -0.05) is 6.92 Å². The standard InChI is InChI=1S/C19H15F6N5O2S/c1-4-33(31,32)14-7-13-11(28-17(29(13)2)19(23,24)25)6-10(14)15-27-12-5-9(18(20,21)22)8-26-16(12)30(15)3/h5-8H,4H2,1-3H3. The van der Waals surface area contributed by atoms with Crippen molar-refractivity contribution in [1.82, 2.24) is 24.1 Å². The van der Waals surface area contributed by atoms with Crippen LogP contribution < -0.4 is 0 Å². The molecule has 0 radical (unpaired) electrons. The van der Waals surface area contributed by atoms with Crippen molar-refractivity contribution in [2.45, 2.75) is 24.2 Å². The zero-order chi connectivity index (χ0) is 24.5. The summed E-state index contributed by atoms with van der Waals surface area (Å²) in [6.45, 7) is 1.36. The van der Waals surface area contributed by atoms with E-state index in [2.05, 4.69) is 15.0 Å². The Hall–Kier alpha value is -3.16. The van der Waals surface area contributed by atoms with Gasteiger partial charge in [0.1, 0.15) is 11.3 Å². The predicted molar refractivity (Wildman–Crippen MR) is 106 cm³/mol. The maximum absolute atomic E-state index is 13.3. The molecule has 3 aromatic heterocycles. The third-order valence-corrected chi connectivity index (χ3v) is 7.00. The molecule has 3 heterocycles. The van der Waals surface area contributed by atoms with E-state index in [-0.39, 0.29) is 44.2 Å². The summed E-state index contributed by atoms with van der Waals surface area (Å²) in [6.07, 6.45) is -8.83. The number of rotatable bonds is 3. The summed E-state index contributed by atoms with van der Waals surface area (Å²) in [5.41, 5.74) is -1.48. The van der Waals surface area contributed by atoms with Crippen molar-refractivity contribution in [2.75, 3.05) is 5.75 Å². The van der Waals surface area contributed by atoms with Gasteiger partial charge in [-0.05, 0) is 18.2 Å². The Balaban J connectivity index is 2.06. The molecule has 0 spiro atoms. The smallest absolute Gasteiger partial charge is 0.323 e. The molecule has 0 saturated carbocycles. The van der Waals surface area contributed by atoms with Crippen molar-refractivity contribution in [1.29, 1.82) is 0 Å². The lowest BCUT2D eigenvalue weighted by Gasteiger charge is -2.11. The first-order valence-electron chi connectivity index (χ1n) is 9.35. The topological polar surface area (TPSA) is 82.7 Å². The molecule has 0 unspecified atom stereocenters. The average molecular weight is 491 g/mol. The Kier molecular flexibility index (Phi) is 5.00. The van der Waals surface area contributed by atoms with Gasteiger partial charge in [0, 0.05) is 25.9 Å². The first-order valence-corrected chi connectivity index (χ1v) is 11.0. The second kappa shape index (κ2) is 7.17. The fraction of sp³-hybridized carbons (Fsp3) is 0.316. The molecule has 0 bridgehead atoms. The lowest BCUT2D eigenvalue weighted by molar-refractivity contribution is -0.146. The lowest BCUT2D eigenvalue weighted by Crippen LogP contribution is -2.12. The van der Waals surface area contributed by atoms with E-state index in [9.17, 15) is 34.8 Å². The van der Waals surface area contributed by atoms with Crippen LogP contribution in [-0.4, -0.2) is 38.3 Å². The Bertz CT molecular complexity index is 1520. The number of hydrogen-bond donors (Lipinski definition) is 0. The summed E-state index contributed by atoms with van der Waals surface area (Å²) in [7, 11) is -1.45. The third-order valence-electron chi connectivity index (χ3n) is 5.23. The van der Waals surface area contributed by atoms with Gasteiger partial charge in [-0.3, -0.25) is 0 Å². The lowest BCUT2D eigenvalue weighted by atomic mass is 10.2. The zero-order valence-electron chi connectivity index (χ0n) is 17.2. The normalized spacial score (nSPS) is 13.4. The van der Waals surface area contributed by atoms with Gasteiger partial charge < -0.3 is 9.13 Å².